The van der Waals surface area contributed by atoms with Gasteiger partial charge in [0.1, 0.15) is 11.2 Å². The molecule has 0 unspecified atom stereocenters. The number of nitrogens with zero attached hydrogens (tertiary/aromatic N) is 4. The molecule has 0 saturated carbocycles. The SMILES string of the molecule is c1ccc(-c2nc(-c3ccc(-n4c5ccccc5c5cc6ccccc6cc54)c(-c4cccc5oc6c7ccccc7ccc6c45)c3)nc(-c3cccc4c3sc3ccccc34)n2)cc1. The fraction of sp³-hybridized carbons (Fsp3) is 0. The lowest BCUT2D eigenvalue weighted by Gasteiger charge is -2.17. The van der Waals surface area contributed by atoms with Gasteiger partial charge in [-0.05, 0) is 82.4 Å². The highest BCUT2D eigenvalue weighted by Gasteiger charge is 2.23. The Balaban J connectivity index is 1.07. The van der Waals surface area contributed by atoms with Crippen LogP contribution in [0.3, 0.4) is 0 Å². The molecule has 6 heteroatoms. The van der Waals surface area contributed by atoms with Crippen LogP contribution in [-0.4, -0.2) is 19.5 Å². The molecule has 4 aromatic heterocycles. The van der Waals surface area contributed by atoms with Crippen LogP contribution < -0.4 is 0 Å². The maximum absolute atomic E-state index is 6.81. The summed E-state index contributed by atoms with van der Waals surface area (Å²) < 4.78 is 11.6. The first-order valence-electron chi connectivity index (χ1n) is 21.8. The van der Waals surface area contributed by atoms with Crippen molar-refractivity contribution < 1.29 is 4.42 Å². The molecule has 0 spiro atoms. The molecule has 4 heterocycles. The molecule has 0 radical (unpaired) electrons. The lowest BCUT2D eigenvalue weighted by molar-refractivity contribution is 0.673. The summed E-state index contributed by atoms with van der Waals surface area (Å²) in [4.78, 5) is 15.9. The Morgan fingerprint density at radius 2 is 1.06 bits per heavy atom. The van der Waals surface area contributed by atoms with Crippen molar-refractivity contribution in [1.82, 2.24) is 19.5 Å². The summed E-state index contributed by atoms with van der Waals surface area (Å²) in [5, 5.41) is 11.6. The van der Waals surface area contributed by atoms with Crippen LogP contribution in [0.25, 0.3) is 136 Å². The summed E-state index contributed by atoms with van der Waals surface area (Å²) in [6.45, 7) is 0. The third kappa shape index (κ3) is 5.54. The van der Waals surface area contributed by atoms with Gasteiger partial charge in [-0.25, -0.2) is 15.0 Å². The molecule has 0 atom stereocenters. The van der Waals surface area contributed by atoms with Crippen molar-refractivity contribution in [3.05, 3.63) is 206 Å². The van der Waals surface area contributed by atoms with E-state index in [0.717, 1.165) is 81.9 Å². The number of thiophene rings is 1. The average Bonchev–Trinajstić information content (AvgIpc) is 4.05. The van der Waals surface area contributed by atoms with Crippen molar-refractivity contribution in [1.29, 1.82) is 0 Å². The molecule has 0 aliphatic rings. The number of benzene rings is 10. The van der Waals surface area contributed by atoms with E-state index < -0.39 is 0 Å². The highest BCUT2D eigenvalue weighted by Crippen LogP contribution is 2.45. The van der Waals surface area contributed by atoms with Gasteiger partial charge in [0.15, 0.2) is 17.5 Å². The Kier molecular flexibility index (Phi) is 7.79. The zero-order chi connectivity index (χ0) is 42.6. The minimum Gasteiger partial charge on any atom is -0.455 e. The molecule has 0 bridgehead atoms. The van der Waals surface area contributed by atoms with E-state index in [1.54, 1.807) is 11.3 Å². The third-order valence-corrected chi connectivity index (χ3v) is 14.2. The zero-order valence-electron chi connectivity index (χ0n) is 34.7. The average molecular weight is 847 g/mol. The molecular formula is C59H34N4OS. The first-order chi connectivity index (χ1) is 32.2. The van der Waals surface area contributed by atoms with Gasteiger partial charge >= 0.3 is 0 Å². The molecule has 14 rings (SSSR count). The van der Waals surface area contributed by atoms with Gasteiger partial charge in [-0.2, -0.15) is 0 Å². The second-order valence-electron chi connectivity index (χ2n) is 16.7. The van der Waals surface area contributed by atoms with Crippen molar-refractivity contribution in [2.24, 2.45) is 0 Å². The van der Waals surface area contributed by atoms with Gasteiger partial charge in [0.05, 0.1) is 16.7 Å². The lowest BCUT2D eigenvalue weighted by Crippen LogP contribution is -2.02. The normalized spacial score (nSPS) is 12.0. The van der Waals surface area contributed by atoms with E-state index in [-0.39, 0.29) is 0 Å². The number of para-hydroxylation sites is 1. The first-order valence-corrected chi connectivity index (χ1v) is 22.7. The standard InChI is InChI=1S/C59H34N4OS/c1-2-15-36(16-3-1)57-60-58(62-59(61-57)46-24-12-23-44-42-21-9-11-27-53(42)65-56(44)46)39-29-31-50(63-49-25-10-8-20-41(49)47-32-37-17-4-5-18-38(37)34-51(47)63)48(33-39)43-22-13-26-52-54(43)45-30-28-35-14-6-7-19-40(35)55(45)64-52/h1-34H. The van der Waals surface area contributed by atoms with Gasteiger partial charge in [0.2, 0.25) is 0 Å². The second-order valence-corrected chi connectivity index (χ2v) is 17.8. The fourth-order valence-electron chi connectivity index (χ4n) is 10.0. The summed E-state index contributed by atoms with van der Waals surface area (Å²) in [5.74, 6) is 1.86. The zero-order valence-corrected chi connectivity index (χ0v) is 35.6. The van der Waals surface area contributed by atoms with E-state index in [2.05, 4.69) is 193 Å². The van der Waals surface area contributed by atoms with Crippen LogP contribution in [0, 0.1) is 0 Å². The van der Waals surface area contributed by atoms with Gasteiger partial charge < -0.3 is 8.98 Å². The summed E-state index contributed by atoms with van der Waals surface area (Å²) in [5.41, 5.74) is 9.94. The van der Waals surface area contributed by atoms with Gasteiger partial charge in [0.25, 0.3) is 0 Å². The van der Waals surface area contributed by atoms with Crippen LogP contribution in [0.4, 0.5) is 0 Å². The van der Waals surface area contributed by atoms with E-state index in [1.165, 1.54) is 37.0 Å². The van der Waals surface area contributed by atoms with Crippen molar-refractivity contribution in [2.75, 3.05) is 0 Å². The van der Waals surface area contributed by atoms with Crippen LogP contribution in [-0.2, 0) is 0 Å². The van der Waals surface area contributed by atoms with Crippen molar-refractivity contribution in [2.45, 2.75) is 0 Å². The maximum Gasteiger partial charge on any atom is 0.165 e. The lowest BCUT2D eigenvalue weighted by atomic mass is 9.95. The van der Waals surface area contributed by atoms with Gasteiger partial charge in [-0.1, -0.05) is 146 Å². The topological polar surface area (TPSA) is 56.7 Å². The summed E-state index contributed by atoms with van der Waals surface area (Å²) in [6, 6.07) is 73.3. The molecular weight excluding hydrogens is 813 g/mol. The molecule has 65 heavy (non-hydrogen) atoms. The van der Waals surface area contributed by atoms with Crippen LogP contribution in [0.2, 0.25) is 0 Å². The molecule has 0 saturated heterocycles. The van der Waals surface area contributed by atoms with Gasteiger partial charge in [-0.3, -0.25) is 0 Å². The quantitative estimate of drug-likeness (QED) is 0.173. The fourth-order valence-corrected chi connectivity index (χ4v) is 11.3. The Bertz CT molecular complexity index is 4260. The summed E-state index contributed by atoms with van der Waals surface area (Å²) in [6.07, 6.45) is 0. The Labute approximate surface area is 376 Å². The first kappa shape index (κ1) is 36.1. The van der Waals surface area contributed by atoms with Crippen molar-refractivity contribution in [3.8, 4) is 51.0 Å². The second kappa shape index (κ2) is 14.0. The molecule has 5 nitrogen and oxygen atoms in total. The highest BCUT2D eigenvalue weighted by atomic mass is 32.1. The number of furan rings is 1. The number of fused-ring (bicyclic) bond motifs is 12. The Morgan fingerprint density at radius 3 is 1.94 bits per heavy atom. The van der Waals surface area contributed by atoms with Crippen LogP contribution >= 0.6 is 11.3 Å². The minimum atomic E-state index is 0.600. The molecule has 0 N–H and O–H groups in total. The van der Waals surface area contributed by atoms with E-state index >= 15 is 0 Å². The van der Waals surface area contributed by atoms with Crippen molar-refractivity contribution in [3.63, 3.8) is 0 Å². The highest BCUT2D eigenvalue weighted by molar-refractivity contribution is 7.26. The van der Waals surface area contributed by atoms with Crippen molar-refractivity contribution >= 4 is 96.8 Å². The maximum atomic E-state index is 6.81. The number of aromatic nitrogens is 4. The monoisotopic (exact) mass is 846 g/mol. The number of hydrogen-bond acceptors (Lipinski definition) is 5. The van der Waals surface area contributed by atoms with Gasteiger partial charge in [-0.15, -0.1) is 11.3 Å². The predicted molar refractivity (Wildman–Crippen MR) is 271 cm³/mol. The van der Waals surface area contributed by atoms with E-state index in [1.807, 2.05) is 18.2 Å². The van der Waals surface area contributed by atoms with E-state index in [0.29, 0.717) is 17.5 Å². The molecule has 0 amide bonds. The molecule has 14 aromatic rings. The molecule has 302 valence electrons. The van der Waals surface area contributed by atoms with Crippen LogP contribution in [0.5, 0.6) is 0 Å². The predicted octanol–water partition coefficient (Wildman–Crippen LogP) is 16.2. The molecule has 0 aliphatic heterocycles. The summed E-state index contributed by atoms with van der Waals surface area (Å²) in [7, 11) is 0. The Hall–Kier alpha value is -8.45. The van der Waals surface area contributed by atoms with Crippen LogP contribution in [0.15, 0.2) is 211 Å². The smallest absolute Gasteiger partial charge is 0.165 e. The van der Waals surface area contributed by atoms with E-state index in [9.17, 15) is 0 Å². The minimum absolute atomic E-state index is 0.600. The Morgan fingerprint density at radius 1 is 0.385 bits per heavy atom. The molecule has 0 aliphatic carbocycles. The largest absolute Gasteiger partial charge is 0.455 e. The third-order valence-electron chi connectivity index (χ3n) is 13.0. The number of hydrogen-bond donors (Lipinski definition) is 0. The van der Waals surface area contributed by atoms with E-state index in [4.69, 9.17) is 19.4 Å². The molecule has 0 fully saturated rings. The van der Waals surface area contributed by atoms with Crippen LogP contribution in [0.1, 0.15) is 0 Å². The molecule has 10 aromatic carbocycles. The number of rotatable bonds is 5. The van der Waals surface area contributed by atoms with Gasteiger partial charge in [0, 0.05) is 69.4 Å². The summed E-state index contributed by atoms with van der Waals surface area (Å²) >= 11 is 1.78.